The number of carbonyl (C=O) groups is 1. The van der Waals surface area contributed by atoms with Crippen LogP contribution in [0.4, 0.5) is 0 Å². The number of ether oxygens (including phenoxy) is 1. The van der Waals surface area contributed by atoms with Crippen LogP contribution in [-0.4, -0.2) is 5.97 Å². The van der Waals surface area contributed by atoms with E-state index in [0.29, 0.717) is 5.57 Å². The van der Waals surface area contributed by atoms with E-state index in [9.17, 15) is 4.79 Å². The largest absolute Gasteiger partial charge is 0.451 e. The molecule has 0 radical (unpaired) electrons. The van der Waals surface area contributed by atoms with Crippen LogP contribution in [0, 0.1) is 0 Å². The minimum atomic E-state index is -0.504. The first-order valence-electron chi connectivity index (χ1n) is 8.89. The fourth-order valence-corrected chi connectivity index (χ4v) is 3.88. The van der Waals surface area contributed by atoms with E-state index >= 15 is 0 Å². The predicted octanol–water partition coefficient (Wildman–Crippen LogP) is 5.88. The molecular formula is C23H22O2. The van der Waals surface area contributed by atoms with Crippen LogP contribution in [0.25, 0.3) is 21.5 Å². The predicted molar refractivity (Wildman–Crippen MR) is 103 cm³/mol. The Morgan fingerprint density at radius 2 is 1.52 bits per heavy atom. The van der Waals surface area contributed by atoms with Gasteiger partial charge in [-0.15, -0.1) is 0 Å². The Bertz CT molecular complexity index is 978. The van der Waals surface area contributed by atoms with Crippen molar-refractivity contribution in [2.75, 3.05) is 0 Å². The zero-order valence-electron chi connectivity index (χ0n) is 14.5. The molecule has 1 fully saturated rings. The van der Waals surface area contributed by atoms with Gasteiger partial charge in [-0.2, -0.15) is 0 Å². The Kier molecular flexibility index (Phi) is 3.84. The minimum Gasteiger partial charge on any atom is -0.451 e. The topological polar surface area (TPSA) is 26.3 Å². The minimum absolute atomic E-state index is 0.291. The molecule has 0 unspecified atom stereocenters. The molecule has 0 saturated heterocycles. The first-order valence-corrected chi connectivity index (χ1v) is 8.89. The molecule has 2 heteroatoms. The second kappa shape index (κ2) is 6.03. The van der Waals surface area contributed by atoms with E-state index < -0.39 is 5.60 Å². The average Bonchev–Trinajstić information content (AvgIpc) is 3.09. The first-order chi connectivity index (χ1) is 12.1. The van der Waals surface area contributed by atoms with Crippen LogP contribution in [0.1, 0.15) is 38.2 Å². The van der Waals surface area contributed by atoms with Gasteiger partial charge in [0.2, 0.25) is 0 Å². The molecule has 0 spiro atoms. The third kappa shape index (κ3) is 2.82. The summed E-state index contributed by atoms with van der Waals surface area (Å²) >= 11 is 0. The van der Waals surface area contributed by atoms with Crippen LogP contribution in [0.15, 0.2) is 66.7 Å². The van der Waals surface area contributed by atoms with Crippen LogP contribution in [-0.2, 0) is 15.1 Å². The summed E-state index contributed by atoms with van der Waals surface area (Å²) in [5.74, 6) is -0.291. The third-order valence-corrected chi connectivity index (χ3v) is 5.28. The summed E-state index contributed by atoms with van der Waals surface area (Å²) in [6, 6.07) is 19.3. The summed E-state index contributed by atoms with van der Waals surface area (Å²) in [6.07, 6.45) is 3.93. The molecule has 0 bridgehead atoms. The molecule has 1 aliphatic carbocycles. The molecule has 1 aliphatic rings. The highest BCUT2D eigenvalue weighted by Crippen LogP contribution is 2.43. The van der Waals surface area contributed by atoms with Crippen molar-refractivity contribution in [3.05, 3.63) is 72.3 Å². The van der Waals surface area contributed by atoms with Gasteiger partial charge in [-0.05, 0) is 77.9 Å². The Labute approximate surface area is 148 Å². The second-order valence-electron chi connectivity index (χ2n) is 7.13. The molecule has 0 amide bonds. The van der Waals surface area contributed by atoms with E-state index in [1.165, 1.54) is 21.5 Å². The van der Waals surface area contributed by atoms with Crippen molar-refractivity contribution in [2.24, 2.45) is 0 Å². The van der Waals surface area contributed by atoms with Gasteiger partial charge in [0.05, 0.1) is 0 Å². The van der Waals surface area contributed by atoms with E-state index in [-0.39, 0.29) is 5.97 Å². The van der Waals surface area contributed by atoms with E-state index in [1.807, 2.05) is 0 Å². The van der Waals surface area contributed by atoms with Gasteiger partial charge in [0.25, 0.3) is 0 Å². The number of rotatable bonds is 3. The Morgan fingerprint density at radius 3 is 2.16 bits per heavy atom. The summed E-state index contributed by atoms with van der Waals surface area (Å²) in [6.45, 7) is 5.44. The lowest BCUT2D eigenvalue weighted by Gasteiger charge is -2.30. The number of carbonyl (C=O) groups excluding carboxylic acids is 1. The molecule has 2 nitrogen and oxygen atoms in total. The molecule has 0 aromatic heterocycles. The normalized spacial score (nSPS) is 16.2. The van der Waals surface area contributed by atoms with E-state index in [0.717, 1.165) is 31.2 Å². The summed E-state index contributed by atoms with van der Waals surface area (Å²) < 4.78 is 5.94. The molecular weight excluding hydrogens is 308 g/mol. The van der Waals surface area contributed by atoms with Gasteiger partial charge >= 0.3 is 5.97 Å². The second-order valence-corrected chi connectivity index (χ2v) is 7.13. The Morgan fingerprint density at radius 1 is 0.920 bits per heavy atom. The molecule has 25 heavy (non-hydrogen) atoms. The highest BCUT2D eigenvalue weighted by atomic mass is 16.6. The lowest BCUT2D eigenvalue weighted by molar-refractivity contribution is -0.155. The summed E-state index contributed by atoms with van der Waals surface area (Å²) in [5.41, 5.74) is 1.05. The maximum atomic E-state index is 12.2. The SMILES string of the molecule is C=C(C)C(=O)OC1(c2ccc3cc4ccccc4cc3c2)CCCC1. The lowest BCUT2D eigenvalue weighted by atomic mass is 9.89. The maximum absolute atomic E-state index is 12.2. The number of hydrogen-bond acceptors (Lipinski definition) is 2. The Hall–Kier alpha value is -2.61. The molecule has 3 aromatic carbocycles. The van der Waals surface area contributed by atoms with Crippen molar-refractivity contribution in [3.8, 4) is 0 Å². The van der Waals surface area contributed by atoms with E-state index in [4.69, 9.17) is 4.74 Å². The highest BCUT2D eigenvalue weighted by molar-refractivity contribution is 5.98. The molecule has 1 saturated carbocycles. The van der Waals surface area contributed by atoms with Gasteiger partial charge < -0.3 is 4.74 Å². The van der Waals surface area contributed by atoms with Crippen LogP contribution in [0.5, 0.6) is 0 Å². The molecule has 126 valence electrons. The molecule has 0 atom stereocenters. The van der Waals surface area contributed by atoms with Gasteiger partial charge in [-0.1, -0.05) is 43.0 Å². The van der Waals surface area contributed by atoms with Gasteiger partial charge in [-0.3, -0.25) is 0 Å². The van der Waals surface area contributed by atoms with E-state index in [2.05, 4.69) is 61.2 Å². The smallest absolute Gasteiger partial charge is 0.333 e. The zero-order chi connectivity index (χ0) is 17.4. The van der Waals surface area contributed by atoms with Crippen molar-refractivity contribution in [1.82, 2.24) is 0 Å². The fourth-order valence-electron chi connectivity index (χ4n) is 3.88. The lowest BCUT2D eigenvalue weighted by Crippen LogP contribution is -2.29. The summed E-state index contributed by atoms with van der Waals surface area (Å²) in [7, 11) is 0. The monoisotopic (exact) mass is 330 g/mol. The molecule has 4 rings (SSSR count). The Balaban J connectivity index is 1.82. The van der Waals surface area contributed by atoms with Crippen molar-refractivity contribution in [1.29, 1.82) is 0 Å². The zero-order valence-corrected chi connectivity index (χ0v) is 14.5. The van der Waals surface area contributed by atoms with Gasteiger partial charge in [-0.25, -0.2) is 4.79 Å². The van der Waals surface area contributed by atoms with Crippen molar-refractivity contribution in [2.45, 2.75) is 38.2 Å². The van der Waals surface area contributed by atoms with Crippen LogP contribution < -0.4 is 0 Å². The van der Waals surface area contributed by atoms with Crippen LogP contribution in [0.2, 0.25) is 0 Å². The van der Waals surface area contributed by atoms with Crippen molar-refractivity contribution >= 4 is 27.5 Å². The van der Waals surface area contributed by atoms with E-state index in [1.54, 1.807) is 6.92 Å². The standard InChI is InChI=1S/C23H22O2/c1-16(2)22(24)25-23(11-5-6-12-23)21-10-9-19-13-17-7-3-4-8-18(17)14-20(19)15-21/h3-4,7-10,13-15H,1,5-6,11-12H2,2H3. The number of hydrogen-bond donors (Lipinski definition) is 0. The fraction of sp³-hybridized carbons (Fsp3) is 0.261. The van der Waals surface area contributed by atoms with Gasteiger partial charge in [0.1, 0.15) is 5.60 Å². The molecule has 3 aromatic rings. The number of fused-ring (bicyclic) bond motifs is 2. The number of esters is 1. The highest BCUT2D eigenvalue weighted by Gasteiger charge is 2.39. The van der Waals surface area contributed by atoms with Gasteiger partial charge in [0.15, 0.2) is 0 Å². The van der Waals surface area contributed by atoms with Gasteiger partial charge in [0, 0.05) is 5.57 Å². The third-order valence-electron chi connectivity index (χ3n) is 5.28. The van der Waals surface area contributed by atoms with Crippen LogP contribution >= 0.6 is 0 Å². The first kappa shape index (κ1) is 15.9. The van der Waals surface area contributed by atoms with Crippen molar-refractivity contribution < 1.29 is 9.53 Å². The van der Waals surface area contributed by atoms with Crippen LogP contribution in [0.3, 0.4) is 0 Å². The molecule has 0 N–H and O–H groups in total. The average molecular weight is 330 g/mol. The summed E-state index contributed by atoms with van der Waals surface area (Å²) in [4.78, 5) is 12.2. The quantitative estimate of drug-likeness (QED) is 0.340. The summed E-state index contributed by atoms with van der Waals surface area (Å²) in [5, 5.41) is 4.87. The molecule has 0 aliphatic heterocycles. The number of benzene rings is 3. The maximum Gasteiger partial charge on any atom is 0.333 e. The van der Waals surface area contributed by atoms with Crippen molar-refractivity contribution in [3.63, 3.8) is 0 Å². The molecule has 0 heterocycles.